The van der Waals surface area contributed by atoms with Gasteiger partial charge in [0.1, 0.15) is 0 Å². The lowest BCUT2D eigenvalue weighted by Gasteiger charge is -2.26. The molecule has 0 aliphatic carbocycles. The maximum atomic E-state index is 12.0. The maximum absolute atomic E-state index is 12.0. The summed E-state index contributed by atoms with van der Waals surface area (Å²) < 4.78 is 1.08. The second-order valence-corrected chi connectivity index (χ2v) is 6.12. The zero-order chi connectivity index (χ0) is 15.8. The molecule has 0 atom stereocenters. The Hall–Kier alpha value is -1.07. The number of rotatable bonds is 8. The lowest BCUT2D eigenvalue weighted by molar-refractivity contribution is -0.127. The van der Waals surface area contributed by atoms with Gasteiger partial charge in [0.25, 0.3) is 0 Å². The van der Waals surface area contributed by atoms with Crippen molar-refractivity contribution in [1.82, 2.24) is 10.2 Å². The Morgan fingerprint density at radius 2 is 2.00 bits per heavy atom. The number of likely N-dealkylation sites (N-methyl/N-ethyl adjacent to an activating group) is 1. The largest absolute Gasteiger partial charge is 0.362 e. The summed E-state index contributed by atoms with van der Waals surface area (Å²) in [6.45, 7) is 7.31. The van der Waals surface area contributed by atoms with Gasteiger partial charge in [-0.15, -0.1) is 0 Å². The van der Waals surface area contributed by atoms with Gasteiger partial charge in [-0.2, -0.15) is 0 Å². The first-order valence-electron chi connectivity index (χ1n) is 7.43. The summed E-state index contributed by atoms with van der Waals surface area (Å²) in [5.74, 6) is 0.122. The predicted molar refractivity (Wildman–Crippen MR) is 92.7 cm³/mol. The molecule has 0 unspecified atom stereocenters. The minimum atomic E-state index is 0.122. The number of carbonyl (C=O) groups excluding carboxylic acids is 1. The minimum Gasteiger partial charge on any atom is -0.362 e. The fourth-order valence-electron chi connectivity index (χ4n) is 2.01. The Labute approximate surface area is 136 Å². The Kier molecular flexibility index (Phi) is 7.75. The number of benzene rings is 1. The topological polar surface area (TPSA) is 35.6 Å². The van der Waals surface area contributed by atoms with Crippen molar-refractivity contribution in [3.63, 3.8) is 0 Å². The fourth-order valence-corrected chi connectivity index (χ4v) is 2.52. The molecule has 0 fully saturated rings. The molecular weight excluding hydrogens is 330 g/mol. The Balaban J connectivity index is 2.87. The van der Waals surface area contributed by atoms with Crippen LogP contribution < -0.4 is 10.2 Å². The van der Waals surface area contributed by atoms with Gasteiger partial charge in [0, 0.05) is 37.3 Å². The summed E-state index contributed by atoms with van der Waals surface area (Å²) in [6, 6.07) is 6.31. The molecule has 0 saturated heterocycles. The van der Waals surface area contributed by atoms with Crippen LogP contribution in [-0.4, -0.2) is 44.5 Å². The van der Waals surface area contributed by atoms with E-state index in [1.165, 1.54) is 5.56 Å². The van der Waals surface area contributed by atoms with E-state index in [2.05, 4.69) is 58.2 Å². The summed E-state index contributed by atoms with van der Waals surface area (Å²) in [6.07, 6.45) is 1.01. The average molecular weight is 356 g/mol. The molecule has 1 N–H and O–H groups in total. The lowest BCUT2D eigenvalue weighted by Crippen LogP contribution is -2.37. The molecule has 1 aromatic rings. The number of halogens is 1. The molecule has 1 aromatic carbocycles. The first-order chi connectivity index (χ1) is 9.99. The molecule has 1 amide bonds. The van der Waals surface area contributed by atoms with Crippen LogP contribution in [-0.2, 0) is 11.3 Å². The van der Waals surface area contributed by atoms with E-state index in [4.69, 9.17) is 0 Å². The number of nitrogens with one attached hydrogen (secondary N) is 1. The van der Waals surface area contributed by atoms with Gasteiger partial charge in [-0.1, -0.05) is 35.8 Å². The van der Waals surface area contributed by atoms with E-state index in [0.29, 0.717) is 6.54 Å². The van der Waals surface area contributed by atoms with Crippen LogP contribution >= 0.6 is 15.9 Å². The fraction of sp³-hybridized carbons (Fsp3) is 0.562. The van der Waals surface area contributed by atoms with E-state index < -0.39 is 0 Å². The number of carbonyl (C=O) groups is 1. The first kappa shape index (κ1) is 18.0. The number of hydrogen-bond donors (Lipinski definition) is 1. The van der Waals surface area contributed by atoms with Crippen LogP contribution in [0.15, 0.2) is 22.7 Å². The third-order valence-corrected chi connectivity index (χ3v) is 4.02. The second-order valence-electron chi connectivity index (χ2n) is 5.27. The molecular formula is C16H26BrN3O. The van der Waals surface area contributed by atoms with Crippen molar-refractivity contribution in [3.8, 4) is 0 Å². The number of anilines is 1. The van der Waals surface area contributed by atoms with Crippen molar-refractivity contribution in [2.75, 3.05) is 38.6 Å². The highest BCUT2D eigenvalue weighted by Crippen LogP contribution is 2.24. The molecule has 1 rings (SSSR count). The van der Waals surface area contributed by atoms with Gasteiger partial charge in [0.15, 0.2) is 0 Å². The molecule has 0 aromatic heterocycles. The maximum Gasteiger partial charge on any atom is 0.241 e. The first-order valence-corrected chi connectivity index (χ1v) is 8.23. The van der Waals surface area contributed by atoms with E-state index in [0.717, 1.165) is 36.2 Å². The lowest BCUT2D eigenvalue weighted by atomic mass is 10.2. The summed E-state index contributed by atoms with van der Waals surface area (Å²) in [5.41, 5.74) is 2.31. The van der Waals surface area contributed by atoms with Crippen molar-refractivity contribution < 1.29 is 4.79 Å². The highest BCUT2D eigenvalue weighted by atomic mass is 79.9. The minimum absolute atomic E-state index is 0.122. The molecule has 0 aliphatic heterocycles. The normalized spacial score (nSPS) is 10.5. The van der Waals surface area contributed by atoms with Crippen molar-refractivity contribution in [2.24, 2.45) is 0 Å². The highest BCUT2D eigenvalue weighted by molar-refractivity contribution is 9.10. The van der Waals surface area contributed by atoms with Crippen molar-refractivity contribution in [3.05, 3.63) is 28.2 Å². The standard InChI is InChI=1S/C16H26BrN3O/c1-5-9-20(12-16(21)19(3)4)14-8-7-13(11-18-6-2)15(17)10-14/h7-8,10,18H,5-6,9,11-12H2,1-4H3. The molecule has 0 radical (unpaired) electrons. The highest BCUT2D eigenvalue weighted by Gasteiger charge is 2.13. The molecule has 5 heteroatoms. The van der Waals surface area contributed by atoms with Crippen molar-refractivity contribution >= 4 is 27.5 Å². The van der Waals surface area contributed by atoms with E-state index in [1.54, 1.807) is 19.0 Å². The van der Waals surface area contributed by atoms with E-state index in [-0.39, 0.29) is 5.91 Å². The molecule has 21 heavy (non-hydrogen) atoms. The van der Waals surface area contributed by atoms with Crippen LogP contribution in [0.4, 0.5) is 5.69 Å². The smallest absolute Gasteiger partial charge is 0.241 e. The predicted octanol–water partition coefficient (Wildman–Crippen LogP) is 2.86. The molecule has 0 heterocycles. The SMILES string of the molecule is CCCN(CC(=O)N(C)C)c1ccc(CNCC)c(Br)c1. The van der Waals surface area contributed by atoms with Crippen LogP contribution in [0.25, 0.3) is 0 Å². The summed E-state index contributed by atoms with van der Waals surface area (Å²) >= 11 is 3.63. The van der Waals surface area contributed by atoms with Gasteiger partial charge in [-0.05, 0) is 30.7 Å². The van der Waals surface area contributed by atoms with Crippen molar-refractivity contribution in [2.45, 2.75) is 26.8 Å². The number of amides is 1. The Morgan fingerprint density at radius 3 is 2.52 bits per heavy atom. The number of hydrogen-bond acceptors (Lipinski definition) is 3. The van der Waals surface area contributed by atoms with Crippen LogP contribution in [0, 0.1) is 0 Å². The van der Waals surface area contributed by atoms with Gasteiger partial charge in [0.05, 0.1) is 6.54 Å². The van der Waals surface area contributed by atoms with Crippen LogP contribution in [0.3, 0.4) is 0 Å². The third-order valence-electron chi connectivity index (χ3n) is 3.29. The van der Waals surface area contributed by atoms with Gasteiger partial charge in [0.2, 0.25) is 5.91 Å². The van der Waals surface area contributed by atoms with Crippen molar-refractivity contribution in [1.29, 1.82) is 0 Å². The monoisotopic (exact) mass is 355 g/mol. The summed E-state index contributed by atoms with van der Waals surface area (Å²) in [4.78, 5) is 15.7. The molecule has 118 valence electrons. The van der Waals surface area contributed by atoms with Gasteiger partial charge >= 0.3 is 0 Å². The molecule has 0 aliphatic rings. The molecule has 0 bridgehead atoms. The van der Waals surface area contributed by atoms with Gasteiger partial charge < -0.3 is 15.1 Å². The molecule has 0 spiro atoms. The van der Waals surface area contributed by atoms with E-state index in [1.807, 2.05) is 0 Å². The second kappa shape index (κ2) is 9.05. The number of nitrogens with zero attached hydrogens (tertiary/aromatic N) is 2. The Morgan fingerprint density at radius 1 is 1.29 bits per heavy atom. The zero-order valence-electron chi connectivity index (χ0n) is 13.4. The quantitative estimate of drug-likeness (QED) is 0.778. The average Bonchev–Trinajstić information content (AvgIpc) is 2.45. The van der Waals surface area contributed by atoms with E-state index in [9.17, 15) is 4.79 Å². The Bertz CT molecular complexity index is 463. The summed E-state index contributed by atoms with van der Waals surface area (Å²) in [5, 5.41) is 3.32. The summed E-state index contributed by atoms with van der Waals surface area (Å²) in [7, 11) is 3.59. The van der Waals surface area contributed by atoms with Gasteiger partial charge in [-0.3, -0.25) is 4.79 Å². The van der Waals surface area contributed by atoms with Gasteiger partial charge in [-0.25, -0.2) is 0 Å². The van der Waals surface area contributed by atoms with Crippen LogP contribution in [0.2, 0.25) is 0 Å². The molecule has 4 nitrogen and oxygen atoms in total. The molecule has 0 saturated carbocycles. The van der Waals surface area contributed by atoms with Crippen LogP contribution in [0.1, 0.15) is 25.8 Å². The third kappa shape index (κ3) is 5.67. The van der Waals surface area contributed by atoms with E-state index >= 15 is 0 Å². The van der Waals surface area contributed by atoms with Crippen LogP contribution in [0.5, 0.6) is 0 Å². The zero-order valence-corrected chi connectivity index (χ0v) is 15.0.